The van der Waals surface area contributed by atoms with Crippen LogP contribution in [0.5, 0.6) is 5.88 Å². The molecule has 0 fully saturated rings. The quantitative estimate of drug-likeness (QED) is 0.885. The molecule has 2 heterocycles. The van der Waals surface area contributed by atoms with Crippen LogP contribution in [0.1, 0.15) is 17.5 Å². The van der Waals surface area contributed by atoms with Crippen LogP contribution in [-0.2, 0) is 6.54 Å². The summed E-state index contributed by atoms with van der Waals surface area (Å²) < 4.78 is 5.35. The van der Waals surface area contributed by atoms with Crippen molar-refractivity contribution in [3.05, 3.63) is 34.3 Å². The molecule has 0 amide bonds. The SMILES string of the molecule is CCOc1cccc(NCc2scnc2C)n1. The standard InChI is InChI=1S/C12H15N3OS/c1-3-16-12-6-4-5-11(15-12)13-7-10-9(2)14-8-17-10/h4-6,8H,3,7H2,1-2H3,(H,13,15). The Morgan fingerprint density at radius 1 is 1.41 bits per heavy atom. The molecule has 1 N–H and O–H groups in total. The van der Waals surface area contributed by atoms with Gasteiger partial charge >= 0.3 is 0 Å². The van der Waals surface area contributed by atoms with Crippen LogP contribution >= 0.6 is 11.3 Å². The molecule has 90 valence electrons. The van der Waals surface area contributed by atoms with E-state index in [0.29, 0.717) is 12.5 Å². The lowest BCUT2D eigenvalue weighted by molar-refractivity contribution is 0.327. The molecule has 0 aliphatic heterocycles. The number of pyridine rings is 1. The number of thiazole rings is 1. The fourth-order valence-electron chi connectivity index (χ4n) is 1.41. The topological polar surface area (TPSA) is 47.0 Å². The van der Waals surface area contributed by atoms with Crippen molar-refractivity contribution < 1.29 is 4.74 Å². The van der Waals surface area contributed by atoms with Gasteiger partial charge in [-0.1, -0.05) is 6.07 Å². The smallest absolute Gasteiger partial charge is 0.215 e. The number of aryl methyl sites for hydroxylation is 1. The summed E-state index contributed by atoms with van der Waals surface area (Å²) in [5.41, 5.74) is 2.93. The minimum Gasteiger partial charge on any atom is -0.478 e. The van der Waals surface area contributed by atoms with Crippen molar-refractivity contribution in [2.45, 2.75) is 20.4 Å². The Morgan fingerprint density at radius 3 is 3.00 bits per heavy atom. The molecule has 17 heavy (non-hydrogen) atoms. The first-order valence-corrected chi connectivity index (χ1v) is 6.40. The first kappa shape index (κ1) is 11.9. The number of aromatic nitrogens is 2. The number of hydrogen-bond donors (Lipinski definition) is 1. The third-order valence-electron chi connectivity index (χ3n) is 2.29. The largest absolute Gasteiger partial charge is 0.478 e. The zero-order valence-corrected chi connectivity index (χ0v) is 10.8. The summed E-state index contributed by atoms with van der Waals surface area (Å²) in [7, 11) is 0. The van der Waals surface area contributed by atoms with Gasteiger partial charge in [0.1, 0.15) is 5.82 Å². The van der Waals surface area contributed by atoms with Crippen molar-refractivity contribution in [2.75, 3.05) is 11.9 Å². The van der Waals surface area contributed by atoms with Crippen LogP contribution in [0.3, 0.4) is 0 Å². The molecule has 0 saturated heterocycles. The van der Waals surface area contributed by atoms with E-state index in [4.69, 9.17) is 4.74 Å². The molecule has 2 aromatic heterocycles. The maximum atomic E-state index is 5.35. The van der Waals surface area contributed by atoms with Gasteiger partial charge in [0.05, 0.1) is 24.4 Å². The molecule has 0 aliphatic carbocycles. The van der Waals surface area contributed by atoms with Crippen molar-refractivity contribution in [3.63, 3.8) is 0 Å². The van der Waals surface area contributed by atoms with E-state index in [1.54, 1.807) is 11.3 Å². The summed E-state index contributed by atoms with van der Waals surface area (Å²) in [4.78, 5) is 9.78. The molecule has 0 atom stereocenters. The van der Waals surface area contributed by atoms with Gasteiger partial charge in [0.2, 0.25) is 5.88 Å². The van der Waals surface area contributed by atoms with Crippen LogP contribution in [0.2, 0.25) is 0 Å². The molecule has 0 radical (unpaired) electrons. The zero-order valence-electron chi connectivity index (χ0n) is 9.93. The van der Waals surface area contributed by atoms with Crippen LogP contribution in [0, 0.1) is 6.92 Å². The minimum atomic E-state index is 0.629. The second-order valence-electron chi connectivity index (χ2n) is 3.51. The van der Waals surface area contributed by atoms with E-state index in [9.17, 15) is 0 Å². The maximum absolute atomic E-state index is 5.35. The maximum Gasteiger partial charge on any atom is 0.215 e. The predicted molar refractivity (Wildman–Crippen MR) is 69.6 cm³/mol. The molecule has 0 saturated carbocycles. The van der Waals surface area contributed by atoms with Gasteiger partial charge in [0, 0.05) is 10.9 Å². The molecule has 4 nitrogen and oxygen atoms in total. The highest BCUT2D eigenvalue weighted by Crippen LogP contribution is 2.16. The van der Waals surface area contributed by atoms with E-state index in [1.807, 2.05) is 37.6 Å². The minimum absolute atomic E-state index is 0.629. The van der Waals surface area contributed by atoms with Crippen LogP contribution in [-0.4, -0.2) is 16.6 Å². The van der Waals surface area contributed by atoms with Crippen molar-refractivity contribution in [2.24, 2.45) is 0 Å². The third-order valence-corrected chi connectivity index (χ3v) is 3.23. The summed E-state index contributed by atoms with van der Waals surface area (Å²) in [6.07, 6.45) is 0. The normalized spacial score (nSPS) is 10.2. The van der Waals surface area contributed by atoms with Crippen LogP contribution in [0.4, 0.5) is 5.82 Å². The van der Waals surface area contributed by atoms with Crippen molar-refractivity contribution in [1.82, 2.24) is 9.97 Å². The van der Waals surface area contributed by atoms with Crippen LogP contribution in [0.25, 0.3) is 0 Å². The molecule has 5 heteroatoms. The van der Waals surface area contributed by atoms with Crippen molar-refractivity contribution in [1.29, 1.82) is 0 Å². The molecule has 2 aromatic rings. The highest BCUT2D eigenvalue weighted by Gasteiger charge is 2.02. The fourth-order valence-corrected chi connectivity index (χ4v) is 2.13. The summed E-state index contributed by atoms with van der Waals surface area (Å²) in [5, 5.41) is 3.27. The predicted octanol–water partition coefficient (Wildman–Crippen LogP) is 2.86. The Bertz CT molecular complexity index is 484. The van der Waals surface area contributed by atoms with Gasteiger partial charge in [-0.25, -0.2) is 4.98 Å². The number of rotatable bonds is 5. The second-order valence-corrected chi connectivity index (χ2v) is 4.45. The van der Waals surface area contributed by atoms with E-state index in [1.165, 1.54) is 4.88 Å². The van der Waals surface area contributed by atoms with E-state index < -0.39 is 0 Å². The Morgan fingerprint density at radius 2 is 2.29 bits per heavy atom. The molecule has 0 aromatic carbocycles. The van der Waals surface area contributed by atoms with E-state index in [0.717, 1.165) is 18.1 Å². The third kappa shape index (κ3) is 3.17. The summed E-state index contributed by atoms with van der Waals surface area (Å²) in [5.74, 6) is 1.47. The Hall–Kier alpha value is -1.62. The molecular formula is C12H15N3OS. The summed E-state index contributed by atoms with van der Waals surface area (Å²) in [6, 6.07) is 5.71. The number of nitrogens with zero attached hydrogens (tertiary/aromatic N) is 2. The highest BCUT2D eigenvalue weighted by atomic mass is 32.1. The van der Waals surface area contributed by atoms with Crippen LogP contribution in [0.15, 0.2) is 23.7 Å². The van der Waals surface area contributed by atoms with E-state index in [-0.39, 0.29) is 0 Å². The van der Waals surface area contributed by atoms with Crippen molar-refractivity contribution >= 4 is 17.2 Å². The van der Waals surface area contributed by atoms with Crippen LogP contribution < -0.4 is 10.1 Å². The first-order valence-electron chi connectivity index (χ1n) is 5.52. The average molecular weight is 249 g/mol. The van der Waals surface area contributed by atoms with Crippen molar-refractivity contribution in [3.8, 4) is 5.88 Å². The van der Waals surface area contributed by atoms with Gasteiger partial charge in [0.25, 0.3) is 0 Å². The summed E-state index contributed by atoms with van der Waals surface area (Å²) in [6.45, 7) is 5.34. The Labute approximate surface area is 105 Å². The Balaban J connectivity index is 1.99. The molecule has 2 rings (SSSR count). The number of nitrogens with one attached hydrogen (secondary N) is 1. The molecule has 0 spiro atoms. The molecular weight excluding hydrogens is 234 g/mol. The van der Waals surface area contributed by atoms with E-state index in [2.05, 4.69) is 15.3 Å². The van der Waals surface area contributed by atoms with Gasteiger partial charge in [-0.2, -0.15) is 4.98 Å². The number of ether oxygens (including phenoxy) is 1. The lowest BCUT2D eigenvalue weighted by Gasteiger charge is -2.06. The highest BCUT2D eigenvalue weighted by molar-refractivity contribution is 7.09. The van der Waals surface area contributed by atoms with Gasteiger partial charge in [-0.05, 0) is 19.9 Å². The zero-order chi connectivity index (χ0) is 12.1. The Kier molecular flexibility index (Phi) is 3.93. The lowest BCUT2D eigenvalue weighted by Crippen LogP contribution is -2.02. The number of hydrogen-bond acceptors (Lipinski definition) is 5. The van der Waals surface area contributed by atoms with E-state index >= 15 is 0 Å². The van der Waals surface area contributed by atoms with Gasteiger partial charge in [0.15, 0.2) is 0 Å². The first-order chi connectivity index (χ1) is 8.29. The molecule has 0 unspecified atom stereocenters. The average Bonchev–Trinajstić information content (AvgIpc) is 2.73. The number of anilines is 1. The van der Waals surface area contributed by atoms with Gasteiger partial charge in [-0.3, -0.25) is 0 Å². The summed E-state index contributed by atoms with van der Waals surface area (Å²) >= 11 is 1.65. The lowest BCUT2D eigenvalue weighted by atomic mass is 10.4. The van der Waals surface area contributed by atoms with Gasteiger partial charge < -0.3 is 10.1 Å². The fraction of sp³-hybridized carbons (Fsp3) is 0.333. The second kappa shape index (κ2) is 5.63. The molecule has 0 bridgehead atoms. The molecule has 0 aliphatic rings. The monoisotopic (exact) mass is 249 g/mol. The van der Waals surface area contributed by atoms with Gasteiger partial charge in [-0.15, -0.1) is 11.3 Å².